The molecule has 0 aliphatic heterocycles. The summed E-state index contributed by atoms with van der Waals surface area (Å²) in [4.78, 5) is 7.90. The lowest BCUT2D eigenvalue weighted by Gasteiger charge is -2.16. The summed E-state index contributed by atoms with van der Waals surface area (Å²) in [6, 6.07) is 32.9. The van der Waals surface area contributed by atoms with E-state index in [1.807, 2.05) is 113 Å². The van der Waals surface area contributed by atoms with E-state index in [0.717, 1.165) is 32.0 Å². The predicted octanol–water partition coefficient (Wildman–Crippen LogP) is 14.4. The zero-order valence-corrected chi connectivity index (χ0v) is 42.3. The van der Waals surface area contributed by atoms with Crippen LogP contribution in [0.3, 0.4) is 0 Å². The largest absolute Gasteiger partial charge is 0.573 e. The Bertz CT molecular complexity index is 2600. The maximum Gasteiger partial charge on any atom is 0.573 e. The summed E-state index contributed by atoms with van der Waals surface area (Å²) >= 11 is 0.766. The third-order valence-corrected chi connectivity index (χ3v) is 10.8. The van der Waals surface area contributed by atoms with Gasteiger partial charge in [0.25, 0.3) is 0 Å². The highest BCUT2D eigenvalue weighted by Gasteiger charge is 2.32. The van der Waals surface area contributed by atoms with Gasteiger partial charge in [0.15, 0.2) is 16.1 Å². The van der Waals surface area contributed by atoms with Gasteiger partial charge in [0.1, 0.15) is 58.0 Å². The van der Waals surface area contributed by atoms with Gasteiger partial charge in [-0.05, 0) is 159 Å². The fourth-order valence-electron chi connectivity index (χ4n) is 6.33. The first-order valence-electron chi connectivity index (χ1n) is 21.4. The SMILES string of the molecule is CN(C)Cc1cc([S+](C)O)ccc1Oc1ccc(OC(F)(F)F)cc1.CSc1ccc(Oc2ccc(OC(F)(F)F)cc2)c(CN(C)C)c1.Cc1ccc(Oc2ccc(OC(F)(F)F)cc2)c(CN(C)C)c1. The Morgan fingerprint density at radius 3 is 1.07 bits per heavy atom. The van der Waals surface area contributed by atoms with Crippen LogP contribution in [0.2, 0.25) is 0 Å². The monoisotopic (exact) mass is 1060 g/mol. The molecule has 390 valence electrons. The van der Waals surface area contributed by atoms with Crippen molar-refractivity contribution >= 4 is 22.9 Å². The van der Waals surface area contributed by atoms with E-state index in [4.69, 9.17) is 14.2 Å². The molecule has 0 saturated heterocycles. The van der Waals surface area contributed by atoms with Gasteiger partial charge in [-0.3, -0.25) is 0 Å². The van der Waals surface area contributed by atoms with Crippen LogP contribution in [0.15, 0.2) is 137 Å². The molecule has 0 fully saturated rings. The maximum atomic E-state index is 12.2. The Kier molecular flexibility index (Phi) is 21.7. The van der Waals surface area contributed by atoms with E-state index in [0.29, 0.717) is 54.1 Å². The Hall–Kier alpha value is -5.97. The molecule has 10 nitrogen and oxygen atoms in total. The number of halogens is 9. The molecule has 0 aromatic heterocycles. The zero-order valence-electron chi connectivity index (χ0n) is 40.7. The van der Waals surface area contributed by atoms with E-state index >= 15 is 0 Å². The summed E-state index contributed by atoms with van der Waals surface area (Å²) in [6.07, 6.45) is -10.4. The predicted molar refractivity (Wildman–Crippen MR) is 262 cm³/mol. The van der Waals surface area contributed by atoms with Crippen LogP contribution in [-0.4, -0.2) is 93.1 Å². The molecule has 0 spiro atoms. The van der Waals surface area contributed by atoms with Crippen LogP contribution in [-0.2, 0) is 30.8 Å². The number of nitrogens with zero attached hydrogens (tertiary/aromatic N) is 3. The van der Waals surface area contributed by atoms with Crippen molar-refractivity contribution in [2.45, 2.75) is 55.4 Å². The van der Waals surface area contributed by atoms with Crippen molar-refractivity contribution < 1.29 is 72.5 Å². The summed E-state index contributed by atoms with van der Waals surface area (Å²) < 4.78 is 148. The van der Waals surface area contributed by atoms with Crippen LogP contribution in [0.1, 0.15) is 22.3 Å². The molecule has 21 heteroatoms. The first kappa shape index (κ1) is 58.6. The summed E-state index contributed by atoms with van der Waals surface area (Å²) in [5.74, 6) is 2.35. The average molecular weight is 1060 g/mol. The van der Waals surface area contributed by atoms with Gasteiger partial charge in [-0.25, -0.2) is 0 Å². The van der Waals surface area contributed by atoms with Crippen molar-refractivity contribution in [2.75, 3.05) is 54.8 Å². The third-order valence-electron chi connectivity index (χ3n) is 9.17. The summed E-state index contributed by atoms with van der Waals surface area (Å²) in [5, 5.41) is 0. The summed E-state index contributed by atoms with van der Waals surface area (Å²) in [6.45, 7) is 3.98. The molecule has 72 heavy (non-hydrogen) atoms. The highest BCUT2D eigenvalue weighted by Crippen LogP contribution is 2.34. The van der Waals surface area contributed by atoms with Gasteiger partial charge < -0.3 is 43.1 Å². The lowest BCUT2D eigenvalue weighted by molar-refractivity contribution is -0.275. The highest BCUT2D eigenvalue weighted by molar-refractivity contribution is 7.98. The number of ether oxygens (including phenoxy) is 6. The van der Waals surface area contributed by atoms with Crippen molar-refractivity contribution in [2.24, 2.45) is 0 Å². The van der Waals surface area contributed by atoms with E-state index < -0.39 is 30.3 Å². The third kappa shape index (κ3) is 21.8. The Balaban J connectivity index is 0.000000235. The first-order chi connectivity index (χ1) is 33.6. The van der Waals surface area contributed by atoms with E-state index in [-0.39, 0.29) is 17.2 Å². The van der Waals surface area contributed by atoms with Crippen molar-refractivity contribution in [3.8, 4) is 51.7 Å². The molecule has 1 atom stereocenters. The molecule has 0 heterocycles. The van der Waals surface area contributed by atoms with Crippen molar-refractivity contribution in [3.05, 3.63) is 150 Å². The molecule has 0 radical (unpaired) electrons. The van der Waals surface area contributed by atoms with Gasteiger partial charge in [0.05, 0.1) is 0 Å². The van der Waals surface area contributed by atoms with Crippen LogP contribution in [0.5, 0.6) is 51.7 Å². The quantitative estimate of drug-likeness (QED) is 0.0538. The van der Waals surface area contributed by atoms with Crippen molar-refractivity contribution in [1.82, 2.24) is 14.7 Å². The first-order valence-corrected chi connectivity index (χ1v) is 24.2. The van der Waals surface area contributed by atoms with Gasteiger partial charge in [0, 0.05) is 53.4 Å². The smallest absolute Gasteiger partial charge is 0.457 e. The Labute approximate surface area is 420 Å². The van der Waals surface area contributed by atoms with Crippen molar-refractivity contribution in [3.63, 3.8) is 0 Å². The minimum Gasteiger partial charge on any atom is -0.457 e. The van der Waals surface area contributed by atoms with Crippen molar-refractivity contribution in [1.29, 1.82) is 0 Å². The number of hydrogen-bond donors (Lipinski definition) is 1. The van der Waals surface area contributed by atoms with Gasteiger partial charge in [0.2, 0.25) is 0 Å². The molecular weight excluding hydrogens is 1000 g/mol. The number of rotatable bonds is 17. The van der Waals surface area contributed by atoms with E-state index in [1.54, 1.807) is 30.2 Å². The Morgan fingerprint density at radius 1 is 0.444 bits per heavy atom. The van der Waals surface area contributed by atoms with Crippen LogP contribution < -0.4 is 28.4 Å². The molecule has 0 bridgehead atoms. The fourth-order valence-corrected chi connectivity index (χ4v) is 7.37. The molecule has 6 aromatic rings. The average Bonchev–Trinajstić information content (AvgIpc) is 3.26. The molecule has 0 saturated carbocycles. The summed E-state index contributed by atoms with van der Waals surface area (Å²) in [5.41, 5.74) is 3.99. The standard InChI is InChI=1S/C17H19F3NO3S.C17H18F3NO2S.C17H18F3NO2/c1-21(2)11-12-10-15(25(3)22)8-9-16(12)23-13-4-6-14(7-5-13)24-17(18,19)20;1-21(2)11-12-10-15(24-3)8-9-16(12)22-13-4-6-14(7-5-13)23-17(18,19)20;1-12-4-9-16(13(10-12)11-21(2)3)22-14-5-7-15(8-6-14)23-17(18,19)20/h4-10,22H,11H2,1-3H3;4-10H,11H2,1-3H3;4-10H,11H2,1-3H3/q+1;;. The van der Waals surface area contributed by atoms with E-state index in [1.165, 1.54) is 72.8 Å². The second-order valence-corrected chi connectivity index (χ2v) is 18.7. The number of hydrogen-bond acceptors (Lipinski definition) is 11. The molecule has 0 amide bonds. The summed E-state index contributed by atoms with van der Waals surface area (Å²) in [7, 11) is 11.6. The zero-order chi connectivity index (χ0) is 53.4. The van der Waals surface area contributed by atoms with Crippen LogP contribution in [0, 0.1) is 6.92 Å². The number of thioether (sulfide) groups is 1. The van der Waals surface area contributed by atoms with Gasteiger partial charge >= 0.3 is 19.1 Å². The highest BCUT2D eigenvalue weighted by atomic mass is 32.2. The molecule has 1 N–H and O–H groups in total. The van der Waals surface area contributed by atoms with Crippen LogP contribution in [0.25, 0.3) is 0 Å². The number of aryl methyl sites for hydroxylation is 1. The number of benzene rings is 6. The van der Waals surface area contributed by atoms with E-state index in [9.17, 15) is 44.1 Å². The maximum absolute atomic E-state index is 12.2. The molecule has 0 aliphatic carbocycles. The second-order valence-electron chi connectivity index (χ2n) is 16.4. The van der Waals surface area contributed by atoms with Gasteiger partial charge in [-0.2, -0.15) is 4.55 Å². The van der Waals surface area contributed by atoms with Crippen LogP contribution in [0.4, 0.5) is 39.5 Å². The molecule has 6 aromatic carbocycles. The fraction of sp³-hybridized carbons (Fsp3) is 0.294. The normalized spacial score (nSPS) is 12.1. The molecular formula is C51H55F9N3O7S2+. The second kappa shape index (κ2) is 26.6. The van der Waals surface area contributed by atoms with Gasteiger partial charge in [-0.15, -0.1) is 51.3 Å². The lowest BCUT2D eigenvalue weighted by Crippen LogP contribution is -2.16. The number of alkyl halides is 9. The van der Waals surface area contributed by atoms with Gasteiger partial charge in [-0.1, -0.05) is 17.7 Å². The topological polar surface area (TPSA) is 85.3 Å². The van der Waals surface area contributed by atoms with Crippen LogP contribution >= 0.6 is 11.8 Å². The molecule has 6 rings (SSSR count). The lowest BCUT2D eigenvalue weighted by atomic mass is 10.1. The van der Waals surface area contributed by atoms with E-state index in [2.05, 4.69) is 14.2 Å². The molecule has 0 aliphatic rings. The molecule has 1 unspecified atom stereocenters. The minimum absolute atomic E-state index is 0.276. The Morgan fingerprint density at radius 2 is 0.750 bits per heavy atom. The minimum atomic E-state index is -4.72.